The van der Waals surface area contributed by atoms with Crippen molar-refractivity contribution >= 4 is 63.8 Å². The van der Waals surface area contributed by atoms with Crippen molar-refractivity contribution in [2.24, 2.45) is 4.99 Å². The normalized spacial score (nSPS) is 9.43. The molecule has 4 aromatic rings. The van der Waals surface area contributed by atoms with Gasteiger partial charge in [0.25, 0.3) is 5.91 Å². The summed E-state index contributed by atoms with van der Waals surface area (Å²) in [5, 5.41) is 19.4. The summed E-state index contributed by atoms with van der Waals surface area (Å²) in [5.41, 5.74) is 8.23. The van der Waals surface area contributed by atoms with Gasteiger partial charge in [0.15, 0.2) is 5.78 Å². The van der Waals surface area contributed by atoms with Crippen molar-refractivity contribution in [2.45, 2.75) is 12.8 Å². The number of thiocarbonyl (C=S) groups is 2. The topological polar surface area (TPSA) is 147 Å². The third kappa shape index (κ3) is 11.9. The Labute approximate surface area is 253 Å². The number of nitrogens with zero attached hydrogens (tertiary/aromatic N) is 1. The minimum atomic E-state index is -0.969. The lowest BCUT2D eigenvalue weighted by atomic mass is 10.0. The number of carbonyl (C=O) groups is 4. The molecule has 0 aliphatic carbocycles. The fourth-order valence-electron chi connectivity index (χ4n) is 3.37. The van der Waals surface area contributed by atoms with Crippen LogP contribution >= 0.6 is 24.4 Å². The molecule has 4 N–H and O–H groups in total. The van der Waals surface area contributed by atoms with Crippen LogP contribution in [0.3, 0.4) is 0 Å². The maximum Gasteiger partial charge on any atom is 0.335 e. The van der Waals surface area contributed by atoms with Crippen molar-refractivity contribution in [3.8, 4) is 0 Å². The molecular weight excluding hydrogens is 572 g/mol. The van der Waals surface area contributed by atoms with E-state index in [-0.39, 0.29) is 29.2 Å². The lowest BCUT2D eigenvalue weighted by Gasteiger charge is -2.05. The molecule has 0 aromatic heterocycles. The Bertz CT molecular complexity index is 1600. The highest BCUT2D eigenvalue weighted by Crippen LogP contribution is 2.11. The molecule has 0 atom stereocenters. The lowest BCUT2D eigenvalue weighted by molar-refractivity contribution is 0.0686. The number of ketones is 1. The maximum atomic E-state index is 12.0. The van der Waals surface area contributed by atoms with Crippen LogP contribution in [0.5, 0.6) is 0 Å². The van der Waals surface area contributed by atoms with Gasteiger partial charge in [0.05, 0.1) is 16.3 Å². The molecule has 212 valence electrons. The van der Waals surface area contributed by atoms with Crippen LogP contribution in [0.1, 0.15) is 53.4 Å². The highest BCUT2D eigenvalue weighted by atomic mass is 32.1. The van der Waals surface area contributed by atoms with Gasteiger partial charge in [-0.1, -0.05) is 78.9 Å². The Kier molecular flexibility index (Phi) is 13.8. The lowest BCUT2D eigenvalue weighted by Crippen LogP contribution is -2.09. The number of benzene rings is 4. The van der Waals surface area contributed by atoms with E-state index < -0.39 is 11.9 Å². The second-order valence-electron chi connectivity index (χ2n) is 8.49. The number of carboxylic acids is 2. The van der Waals surface area contributed by atoms with Gasteiger partial charge >= 0.3 is 11.9 Å². The smallest absolute Gasteiger partial charge is 0.335 e. The van der Waals surface area contributed by atoms with E-state index in [0.29, 0.717) is 28.1 Å². The standard InChI is InChI=1S/C17H14O3S.C8H5NOS.C7H7NO2/c18-16(13-6-2-1-3-7-13)11-15(21)10-12-5-4-8-14(9-12)17(19)20;10-8(9-6-11)7-4-2-1-3-5-7;8-6-3-1-2-5(4-6)7(9)10/h1-9H,10-11H2,(H,19,20);1-5H;1-4H,8H2,(H,9,10). The van der Waals surface area contributed by atoms with E-state index in [2.05, 4.69) is 17.2 Å². The van der Waals surface area contributed by atoms with Gasteiger partial charge in [0.1, 0.15) is 0 Å². The van der Waals surface area contributed by atoms with Crippen LogP contribution in [-0.2, 0) is 6.42 Å². The van der Waals surface area contributed by atoms with Crippen LogP contribution in [0.15, 0.2) is 114 Å². The quantitative estimate of drug-likeness (QED) is 0.0899. The van der Waals surface area contributed by atoms with E-state index in [1.54, 1.807) is 60.7 Å². The summed E-state index contributed by atoms with van der Waals surface area (Å²) in [5.74, 6) is -2.29. The number of carbonyl (C=O) groups excluding carboxylic acids is 2. The van der Waals surface area contributed by atoms with Crippen molar-refractivity contribution in [1.29, 1.82) is 0 Å². The zero-order chi connectivity index (χ0) is 30.9. The van der Waals surface area contributed by atoms with Crippen molar-refractivity contribution < 1.29 is 29.4 Å². The Morgan fingerprint density at radius 2 is 1.19 bits per heavy atom. The summed E-state index contributed by atoms with van der Waals surface area (Å²) in [6, 6.07) is 30.5. The van der Waals surface area contributed by atoms with Crippen molar-refractivity contribution in [2.75, 3.05) is 5.73 Å². The van der Waals surface area contributed by atoms with E-state index in [9.17, 15) is 19.2 Å². The molecule has 0 aliphatic rings. The van der Waals surface area contributed by atoms with Gasteiger partial charge in [-0.05, 0) is 60.2 Å². The number of nitrogen functional groups attached to an aromatic ring is 1. The van der Waals surface area contributed by atoms with Gasteiger partial charge in [0.2, 0.25) is 0 Å². The average Bonchev–Trinajstić information content (AvgIpc) is 2.99. The van der Waals surface area contributed by atoms with Crippen LogP contribution in [0.2, 0.25) is 0 Å². The molecule has 0 fully saturated rings. The number of anilines is 1. The van der Waals surface area contributed by atoms with Gasteiger partial charge in [-0.15, -0.1) is 0 Å². The number of nitrogens with two attached hydrogens (primary N) is 1. The third-order valence-corrected chi connectivity index (χ3v) is 5.71. The molecule has 0 spiro atoms. The second-order valence-corrected chi connectivity index (χ2v) is 9.25. The first-order valence-corrected chi connectivity index (χ1v) is 13.1. The number of hydrogen-bond acceptors (Lipinski definition) is 7. The fourth-order valence-corrected chi connectivity index (χ4v) is 3.75. The summed E-state index contributed by atoms with van der Waals surface area (Å²) in [7, 11) is 0. The van der Waals surface area contributed by atoms with Gasteiger partial charge in [-0.3, -0.25) is 9.59 Å². The van der Waals surface area contributed by atoms with Crippen molar-refractivity contribution in [3.63, 3.8) is 0 Å². The highest BCUT2D eigenvalue weighted by molar-refractivity contribution is 7.80. The molecule has 8 nitrogen and oxygen atoms in total. The molecule has 4 rings (SSSR count). The monoisotopic (exact) mass is 598 g/mol. The zero-order valence-corrected chi connectivity index (χ0v) is 23.8. The first-order valence-electron chi connectivity index (χ1n) is 12.3. The molecule has 10 heteroatoms. The number of hydrogen-bond donors (Lipinski definition) is 3. The second kappa shape index (κ2) is 17.5. The molecular formula is C32H26N2O6S2. The molecule has 4 aromatic carbocycles. The van der Waals surface area contributed by atoms with E-state index in [0.717, 1.165) is 5.56 Å². The Hall–Kier alpha value is -5.15. The van der Waals surface area contributed by atoms with Crippen LogP contribution in [-0.4, -0.2) is 43.9 Å². The van der Waals surface area contributed by atoms with Gasteiger partial charge in [0, 0.05) is 34.5 Å². The summed E-state index contributed by atoms with van der Waals surface area (Å²) < 4.78 is 0. The largest absolute Gasteiger partial charge is 0.478 e. The number of Topliss-reactive ketones (excluding diaryl/α,β-unsaturated/α-hetero) is 1. The Morgan fingerprint density at radius 1 is 0.690 bits per heavy atom. The predicted molar refractivity (Wildman–Crippen MR) is 169 cm³/mol. The van der Waals surface area contributed by atoms with Gasteiger partial charge < -0.3 is 15.9 Å². The highest BCUT2D eigenvalue weighted by Gasteiger charge is 2.10. The van der Waals surface area contributed by atoms with Crippen LogP contribution in [0.25, 0.3) is 0 Å². The third-order valence-electron chi connectivity index (χ3n) is 5.33. The minimum Gasteiger partial charge on any atom is -0.478 e. The number of aromatic carboxylic acids is 2. The molecule has 0 radical (unpaired) electrons. The van der Waals surface area contributed by atoms with Gasteiger partial charge in [-0.2, -0.15) is 4.99 Å². The minimum absolute atomic E-state index is 0.0185. The molecule has 0 unspecified atom stereocenters. The summed E-state index contributed by atoms with van der Waals surface area (Å²) >= 11 is 9.54. The van der Waals surface area contributed by atoms with E-state index in [1.807, 2.05) is 35.5 Å². The molecule has 1 amide bonds. The first kappa shape index (κ1) is 33.1. The Balaban J connectivity index is 0.000000246. The van der Waals surface area contributed by atoms with E-state index in [1.165, 1.54) is 18.2 Å². The van der Waals surface area contributed by atoms with Crippen molar-refractivity contribution in [1.82, 2.24) is 0 Å². The van der Waals surface area contributed by atoms with Crippen LogP contribution < -0.4 is 5.73 Å². The predicted octanol–water partition coefficient (Wildman–Crippen LogP) is 6.47. The number of aliphatic imine (C=N–C) groups is 1. The zero-order valence-electron chi connectivity index (χ0n) is 22.2. The van der Waals surface area contributed by atoms with Gasteiger partial charge in [-0.25, -0.2) is 9.59 Å². The number of isothiocyanates is 1. The fraction of sp³-hybridized carbons (Fsp3) is 0.0625. The molecule has 42 heavy (non-hydrogen) atoms. The van der Waals surface area contributed by atoms with E-state index >= 15 is 0 Å². The summed E-state index contributed by atoms with van der Waals surface area (Å²) in [6.07, 6.45) is 0.617. The first-order chi connectivity index (χ1) is 20.1. The summed E-state index contributed by atoms with van der Waals surface area (Å²) in [4.78, 5) is 48.1. The van der Waals surface area contributed by atoms with E-state index in [4.69, 9.17) is 28.2 Å². The maximum absolute atomic E-state index is 12.0. The molecule has 0 heterocycles. The number of amides is 1. The average molecular weight is 599 g/mol. The van der Waals surface area contributed by atoms with Crippen molar-refractivity contribution in [3.05, 3.63) is 137 Å². The molecule has 0 aliphatic heterocycles. The number of rotatable bonds is 8. The molecule has 0 saturated heterocycles. The molecule has 0 saturated carbocycles. The Morgan fingerprint density at radius 3 is 1.69 bits per heavy atom. The SMILES string of the molecule is Nc1cccc(C(=O)O)c1.O=C(N=C=S)c1ccccc1.O=C(O)c1cccc(CC(=S)CC(=O)c2ccccc2)c1. The van der Waals surface area contributed by atoms with Crippen LogP contribution in [0.4, 0.5) is 5.69 Å². The molecule has 0 bridgehead atoms. The van der Waals surface area contributed by atoms with Crippen LogP contribution in [0, 0.1) is 0 Å². The summed E-state index contributed by atoms with van der Waals surface area (Å²) in [6.45, 7) is 0. The number of carboxylic acid groups (broad SMARTS) is 2.